The Morgan fingerprint density at radius 1 is 0.330 bits per heavy atom. The maximum Gasteiger partial charge on any atom is 0.0545 e. The quantitative estimate of drug-likeness (QED) is 0.107. The summed E-state index contributed by atoms with van der Waals surface area (Å²) >= 11 is 0. The van der Waals surface area contributed by atoms with Crippen LogP contribution < -0.4 is 19.6 Å². The minimum Gasteiger partial charge on any atom is -0.310 e. The van der Waals surface area contributed by atoms with E-state index in [1.54, 1.807) is 0 Å². The van der Waals surface area contributed by atoms with E-state index in [2.05, 4.69) is 401 Å². The molecule has 0 atom stereocenters. The summed E-state index contributed by atoms with van der Waals surface area (Å²) < 4.78 is 0. The lowest BCUT2D eigenvalue weighted by Crippen LogP contribution is -2.38. The summed E-state index contributed by atoms with van der Waals surface area (Å²) in [5, 5.41) is 0. The summed E-state index contributed by atoms with van der Waals surface area (Å²) in [5.41, 5.74) is 33.8. The molecular formula is C99H102N4. The standard InChI is InChI=1S/C99H102N4/c1-22-24-28-64-62-95(12,13)83-56-73(46-50-78(64)83)102(71-44-37-67(38-45-71)94(9,10)11)77-60-87-91-88(61-77)99(20,21)86-59-76(101(70-42-35-66(36-43-70)93(6,7)8)74-47-51-80-79-30-26-27-31-81(79)97(16,17)84(80)57-74)49-53-90(86)103(91)89-52-48-75(58-85(89)98(87,18)19)100(69-40-33-65(34-41-69)92(3,4)5)72-39-32-63-54-68(29-25-23-2)96(14,15)82(63)55-72/h22-62H,1-2H2,3-21H3/b28-24-,29-25-. The number of nitrogens with zero attached hydrogens (tertiary/aromatic N) is 4. The van der Waals surface area contributed by atoms with Crippen LogP contribution in [-0.2, 0) is 43.3 Å². The molecule has 2 heterocycles. The van der Waals surface area contributed by atoms with Crippen molar-refractivity contribution in [2.75, 3.05) is 19.6 Å². The first kappa shape index (κ1) is 68.6. The number of benzene rings is 10. The Kier molecular flexibility index (Phi) is 16.0. The first-order valence-electron chi connectivity index (χ1n) is 37.2. The molecular weight excluding hydrogens is 1250 g/mol. The summed E-state index contributed by atoms with van der Waals surface area (Å²) in [7, 11) is 0. The molecule has 15 rings (SSSR count). The number of allylic oxidation sites excluding steroid dienone is 9. The predicted octanol–water partition coefficient (Wildman–Crippen LogP) is 27.9. The van der Waals surface area contributed by atoms with Gasteiger partial charge in [0.15, 0.2) is 0 Å². The van der Waals surface area contributed by atoms with Gasteiger partial charge in [0.1, 0.15) is 0 Å². The van der Waals surface area contributed by atoms with E-state index >= 15 is 0 Å². The van der Waals surface area contributed by atoms with Crippen molar-refractivity contribution in [1.82, 2.24) is 0 Å². The molecule has 0 spiro atoms. The van der Waals surface area contributed by atoms with Gasteiger partial charge in [-0.05, 0) is 232 Å². The molecule has 4 heteroatoms. The van der Waals surface area contributed by atoms with Crippen molar-refractivity contribution in [3.8, 4) is 11.1 Å². The van der Waals surface area contributed by atoms with E-state index in [4.69, 9.17) is 0 Å². The smallest absolute Gasteiger partial charge is 0.0545 e. The van der Waals surface area contributed by atoms with Crippen LogP contribution in [0.2, 0.25) is 0 Å². The third-order valence-electron chi connectivity index (χ3n) is 23.6. The Morgan fingerprint density at radius 2 is 0.699 bits per heavy atom. The molecule has 0 amide bonds. The van der Waals surface area contributed by atoms with Crippen LogP contribution in [0, 0.1) is 0 Å². The van der Waals surface area contributed by atoms with E-state index < -0.39 is 10.8 Å². The van der Waals surface area contributed by atoms with Gasteiger partial charge in [-0.1, -0.05) is 272 Å². The normalized spacial score (nSPS) is 16.6. The molecule has 518 valence electrons. The first-order valence-corrected chi connectivity index (χ1v) is 37.2. The van der Waals surface area contributed by atoms with Gasteiger partial charge >= 0.3 is 0 Å². The molecule has 5 aliphatic rings. The Hall–Kier alpha value is -10.2. The van der Waals surface area contributed by atoms with Crippen LogP contribution >= 0.6 is 0 Å². The van der Waals surface area contributed by atoms with Gasteiger partial charge in [-0.15, -0.1) is 0 Å². The Bertz CT molecular complexity index is 5260. The fourth-order valence-electron chi connectivity index (χ4n) is 17.4. The predicted molar refractivity (Wildman–Crippen MR) is 444 cm³/mol. The van der Waals surface area contributed by atoms with Crippen LogP contribution in [0.1, 0.15) is 204 Å². The van der Waals surface area contributed by atoms with Crippen LogP contribution in [0.25, 0.3) is 22.8 Å². The van der Waals surface area contributed by atoms with E-state index in [1.165, 1.54) is 112 Å². The van der Waals surface area contributed by atoms with Crippen molar-refractivity contribution in [3.63, 3.8) is 0 Å². The zero-order valence-corrected chi connectivity index (χ0v) is 64.4. The van der Waals surface area contributed by atoms with Crippen LogP contribution in [0.3, 0.4) is 0 Å². The molecule has 0 bridgehead atoms. The molecule has 0 aromatic heterocycles. The third-order valence-corrected chi connectivity index (χ3v) is 23.6. The fraction of sp³-hybridized carbons (Fsp3) is 0.273. The fourth-order valence-corrected chi connectivity index (χ4v) is 17.4. The number of anilines is 12. The molecule has 0 N–H and O–H groups in total. The highest BCUT2D eigenvalue weighted by atomic mass is 15.2. The molecule has 4 nitrogen and oxygen atoms in total. The summed E-state index contributed by atoms with van der Waals surface area (Å²) in [4.78, 5) is 10.2. The molecule has 2 aliphatic heterocycles. The number of rotatable bonds is 13. The minimum absolute atomic E-state index is 0.0138. The number of fused-ring (bicyclic) bond motifs is 9. The molecule has 0 saturated carbocycles. The Morgan fingerprint density at radius 3 is 1.17 bits per heavy atom. The van der Waals surface area contributed by atoms with Crippen molar-refractivity contribution >= 4 is 79.9 Å². The maximum atomic E-state index is 4.04. The van der Waals surface area contributed by atoms with Gasteiger partial charge in [0.2, 0.25) is 0 Å². The minimum atomic E-state index is -0.525. The number of hydrogen-bond donors (Lipinski definition) is 0. The second kappa shape index (κ2) is 24.0. The maximum absolute atomic E-state index is 4.04. The van der Waals surface area contributed by atoms with Crippen molar-refractivity contribution < 1.29 is 0 Å². The second-order valence-electron chi connectivity index (χ2n) is 35.4. The SMILES string of the molecule is C=C/C=C\C1=CC(C)(C)c2cc(N(c3ccc(C(C)(C)C)cc3)c3cc4c5c(c3)C(C)(C)c3cc(N(c6ccc(C(C)(C)C)cc6)c6ccc7c(c6)C(C)(C)c6ccccc6-7)ccc3N5c3ccc(N(c5ccc(C(C)(C)C)cc5)c5ccc6c(c5)C(C)(C)C(/C=C\C=C)=C6)cc3C4(C)C)ccc21. The van der Waals surface area contributed by atoms with Crippen molar-refractivity contribution in [2.24, 2.45) is 0 Å². The van der Waals surface area contributed by atoms with Crippen molar-refractivity contribution in [1.29, 1.82) is 0 Å². The van der Waals surface area contributed by atoms with E-state index in [1.807, 2.05) is 12.2 Å². The second-order valence-corrected chi connectivity index (χ2v) is 35.4. The topological polar surface area (TPSA) is 13.0 Å². The van der Waals surface area contributed by atoms with Crippen LogP contribution in [0.5, 0.6) is 0 Å². The average Bonchev–Trinajstić information content (AvgIpc) is 0.952. The molecule has 0 unspecified atom stereocenters. The first-order chi connectivity index (χ1) is 48.6. The Labute approximate surface area is 615 Å². The van der Waals surface area contributed by atoms with E-state index in [-0.39, 0.29) is 32.5 Å². The lowest BCUT2D eigenvalue weighted by atomic mass is 9.66. The van der Waals surface area contributed by atoms with Gasteiger partial charge in [-0.3, -0.25) is 0 Å². The number of hydrogen-bond acceptors (Lipinski definition) is 4. The largest absolute Gasteiger partial charge is 0.310 e. The molecule has 0 saturated heterocycles. The van der Waals surface area contributed by atoms with E-state index in [0.29, 0.717) is 0 Å². The van der Waals surface area contributed by atoms with Gasteiger partial charge in [0.25, 0.3) is 0 Å². The third kappa shape index (κ3) is 11.2. The molecule has 10 aromatic carbocycles. The lowest BCUT2D eigenvalue weighted by molar-refractivity contribution is 0.590. The monoisotopic (exact) mass is 1350 g/mol. The van der Waals surface area contributed by atoms with Crippen molar-refractivity contribution in [2.45, 2.75) is 175 Å². The molecule has 0 radical (unpaired) electrons. The van der Waals surface area contributed by atoms with Crippen molar-refractivity contribution in [3.05, 3.63) is 334 Å². The summed E-state index contributed by atoms with van der Waals surface area (Å²) in [5.74, 6) is 0. The Balaban J connectivity index is 0.976. The highest BCUT2D eigenvalue weighted by molar-refractivity contribution is 5.98. The molecule has 103 heavy (non-hydrogen) atoms. The van der Waals surface area contributed by atoms with Crippen LogP contribution in [0.15, 0.2) is 261 Å². The zero-order chi connectivity index (χ0) is 73.0. The van der Waals surface area contributed by atoms with Crippen LogP contribution in [-0.4, -0.2) is 0 Å². The zero-order valence-electron chi connectivity index (χ0n) is 64.4. The van der Waals surface area contributed by atoms with Gasteiger partial charge in [0, 0.05) is 78.3 Å². The van der Waals surface area contributed by atoms with Gasteiger partial charge < -0.3 is 19.6 Å². The molecule has 10 aromatic rings. The van der Waals surface area contributed by atoms with Gasteiger partial charge in [-0.2, -0.15) is 0 Å². The van der Waals surface area contributed by atoms with E-state index in [0.717, 1.165) is 51.2 Å². The van der Waals surface area contributed by atoms with Gasteiger partial charge in [0.05, 0.1) is 17.1 Å². The van der Waals surface area contributed by atoms with Gasteiger partial charge in [-0.25, -0.2) is 0 Å². The summed E-state index contributed by atoms with van der Waals surface area (Å²) in [6, 6.07) is 78.3. The van der Waals surface area contributed by atoms with E-state index in [9.17, 15) is 0 Å². The molecule has 3 aliphatic carbocycles. The van der Waals surface area contributed by atoms with Crippen LogP contribution in [0.4, 0.5) is 68.2 Å². The lowest BCUT2D eigenvalue weighted by Gasteiger charge is -2.50. The molecule has 0 fully saturated rings. The summed E-state index contributed by atoms with van der Waals surface area (Å²) in [6.45, 7) is 52.9. The summed E-state index contributed by atoms with van der Waals surface area (Å²) in [6.07, 6.45) is 17.1. The average molecular weight is 1350 g/mol. The highest BCUT2D eigenvalue weighted by Gasteiger charge is 2.48. The highest BCUT2D eigenvalue weighted by Crippen LogP contribution is 2.64.